The van der Waals surface area contributed by atoms with Gasteiger partial charge in [-0.2, -0.15) is 0 Å². The van der Waals surface area contributed by atoms with Gasteiger partial charge in [0.1, 0.15) is 5.75 Å². The highest BCUT2D eigenvalue weighted by atomic mass is 79.9. The lowest BCUT2D eigenvalue weighted by Gasteiger charge is -2.27. The second-order valence-corrected chi connectivity index (χ2v) is 5.79. The van der Waals surface area contributed by atoms with Gasteiger partial charge in [0.05, 0.1) is 4.47 Å². The fourth-order valence-electron chi connectivity index (χ4n) is 2.50. The van der Waals surface area contributed by atoms with Gasteiger partial charge in [-0.15, -0.1) is 0 Å². The van der Waals surface area contributed by atoms with E-state index in [2.05, 4.69) is 39.1 Å². The molecular weight excluding hydrogens is 292 g/mol. The third-order valence-electron chi connectivity index (χ3n) is 3.64. The quantitative estimate of drug-likeness (QED) is 0.898. The number of nitrogens with zero attached hydrogens (tertiary/aromatic N) is 1. The Hall–Kier alpha value is -0.580. The molecule has 18 heavy (non-hydrogen) atoms. The summed E-state index contributed by atoms with van der Waals surface area (Å²) in [4.78, 5) is 2.45. The van der Waals surface area contributed by atoms with E-state index in [1.807, 2.05) is 6.92 Å². The molecule has 100 valence electrons. The van der Waals surface area contributed by atoms with Crippen molar-refractivity contribution in [2.75, 3.05) is 32.7 Å². The van der Waals surface area contributed by atoms with Crippen LogP contribution < -0.4 is 5.32 Å². The molecule has 1 aromatic rings. The predicted octanol–water partition coefficient (Wildman–Crippen LogP) is 2.22. The van der Waals surface area contributed by atoms with Crippen molar-refractivity contribution in [1.29, 1.82) is 0 Å². The van der Waals surface area contributed by atoms with Crippen molar-refractivity contribution in [2.45, 2.75) is 20.3 Å². The molecule has 1 heterocycles. The number of rotatable bonds is 3. The third-order valence-corrected chi connectivity index (χ3v) is 4.64. The number of nitrogens with one attached hydrogen (secondary N) is 1. The van der Waals surface area contributed by atoms with E-state index in [-0.39, 0.29) is 0 Å². The predicted molar refractivity (Wildman–Crippen MR) is 78.3 cm³/mol. The van der Waals surface area contributed by atoms with E-state index >= 15 is 0 Å². The zero-order chi connectivity index (χ0) is 13.1. The molecule has 1 saturated heterocycles. The first-order chi connectivity index (χ1) is 8.59. The molecule has 0 unspecified atom stereocenters. The minimum Gasteiger partial charge on any atom is -0.506 e. The number of benzene rings is 1. The Labute approximate surface area is 117 Å². The van der Waals surface area contributed by atoms with Gasteiger partial charge in [-0.3, -0.25) is 0 Å². The van der Waals surface area contributed by atoms with Gasteiger partial charge in [0.25, 0.3) is 0 Å². The molecule has 1 aromatic carbocycles. The van der Waals surface area contributed by atoms with Crippen molar-refractivity contribution in [2.24, 2.45) is 0 Å². The minimum absolute atomic E-state index is 0.419. The Morgan fingerprint density at radius 2 is 1.94 bits per heavy atom. The van der Waals surface area contributed by atoms with E-state index in [1.165, 1.54) is 5.56 Å². The van der Waals surface area contributed by atoms with Crippen LogP contribution >= 0.6 is 15.9 Å². The molecule has 0 spiro atoms. The summed E-state index contributed by atoms with van der Waals surface area (Å²) in [5.74, 6) is 0.419. The molecule has 2 N–H and O–H groups in total. The molecule has 0 atom stereocenters. The van der Waals surface area contributed by atoms with E-state index in [9.17, 15) is 5.11 Å². The van der Waals surface area contributed by atoms with Crippen LogP contribution in [0.1, 0.15) is 16.7 Å². The van der Waals surface area contributed by atoms with Crippen LogP contribution in [0.4, 0.5) is 0 Å². The molecular formula is C14H21BrN2O. The molecule has 0 radical (unpaired) electrons. The Kier molecular flexibility index (Phi) is 4.65. The summed E-state index contributed by atoms with van der Waals surface area (Å²) in [6.07, 6.45) is 0.913. The van der Waals surface area contributed by atoms with Crippen LogP contribution in [0.2, 0.25) is 0 Å². The van der Waals surface area contributed by atoms with Gasteiger partial charge in [0.15, 0.2) is 0 Å². The molecule has 0 aromatic heterocycles. The Bertz CT molecular complexity index is 428. The first-order valence-corrected chi connectivity index (χ1v) is 7.29. The fraction of sp³-hybridized carbons (Fsp3) is 0.571. The maximum atomic E-state index is 10.2. The Morgan fingerprint density at radius 3 is 2.61 bits per heavy atom. The number of piperazine rings is 1. The molecule has 1 aliphatic rings. The van der Waals surface area contributed by atoms with E-state index < -0.39 is 0 Å². The van der Waals surface area contributed by atoms with E-state index in [0.29, 0.717) is 5.75 Å². The topological polar surface area (TPSA) is 35.5 Å². The maximum Gasteiger partial charge on any atom is 0.133 e. The summed E-state index contributed by atoms with van der Waals surface area (Å²) in [5.41, 5.74) is 3.35. The Morgan fingerprint density at radius 1 is 1.28 bits per heavy atom. The van der Waals surface area contributed by atoms with Crippen LogP contribution in [0, 0.1) is 13.8 Å². The van der Waals surface area contributed by atoms with Gasteiger partial charge in [-0.1, -0.05) is 6.07 Å². The highest BCUT2D eigenvalue weighted by Gasteiger charge is 2.14. The van der Waals surface area contributed by atoms with Gasteiger partial charge < -0.3 is 15.3 Å². The van der Waals surface area contributed by atoms with Crippen LogP contribution in [0.15, 0.2) is 10.5 Å². The summed E-state index contributed by atoms with van der Waals surface area (Å²) in [7, 11) is 0. The Balaban J connectivity index is 2.06. The smallest absolute Gasteiger partial charge is 0.133 e. The minimum atomic E-state index is 0.419. The molecule has 0 aliphatic carbocycles. The van der Waals surface area contributed by atoms with Crippen LogP contribution in [-0.2, 0) is 6.42 Å². The van der Waals surface area contributed by atoms with Crippen LogP contribution in [0.3, 0.4) is 0 Å². The molecule has 1 fully saturated rings. The molecule has 3 nitrogen and oxygen atoms in total. The molecule has 4 heteroatoms. The van der Waals surface area contributed by atoms with Gasteiger partial charge in [-0.25, -0.2) is 0 Å². The maximum absolute atomic E-state index is 10.2. The number of aryl methyl sites for hydroxylation is 2. The normalized spacial score (nSPS) is 17.1. The van der Waals surface area contributed by atoms with E-state index in [4.69, 9.17) is 0 Å². The van der Waals surface area contributed by atoms with Gasteiger partial charge in [0, 0.05) is 32.7 Å². The second kappa shape index (κ2) is 6.04. The molecule has 2 rings (SSSR count). The summed E-state index contributed by atoms with van der Waals surface area (Å²) < 4.78 is 0.836. The number of halogens is 1. The SMILES string of the molecule is Cc1cc(C)c(CCN2CCNCC2)c(O)c1Br. The summed E-state index contributed by atoms with van der Waals surface area (Å²) in [5, 5.41) is 13.6. The van der Waals surface area contributed by atoms with Crippen LogP contribution in [0.5, 0.6) is 5.75 Å². The van der Waals surface area contributed by atoms with Crippen molar-refractivity contribution in [3.8, 4) is 5.75 Å². The van der Waals surface area contributed by atoms with Crippen molar-refractivity contribution in [3.63, 3.8) is 0 Å². The summed E-state index contributed by atoms with van der Waals surface area (Å²) in [6.45, 7) is 9.46. The highest BCUT2D eigenvalue weighted by Crippen LogP contribution is 2.33. The first kappa shape index (κ1) is 13.8. The fourth-order valence-corrected chi connectivity index (χ4v) is 2.86. The van der Waals surface area contributed by atoms with Crippen LogP contribution in [0.25, 0.3) is 0 Å². The van der Waals surface area contributed by atoms with Crippen molar-refractivity contribution in [3.05, 3.63) is 27.2 Å². The number of aromatic hydroxyl groups is 1. The number of hydrogen-bond donors (Lipinski definition) is 2. The molecule has 0 saturated carbocycles. The van der Waals surface area contributed by atoms with Crippen molar-refractivity contribution in [1.82, 2.24) is 10.2 Å². The van der Waals surface area contributed by atoms with Gasteiger partial charge in [-0.05, 0) is 52.9 Å². The number of phenolic OH excluding ortho intramolecular Hbond substituents is 1. The standard InChI is InChI=1S/C14H21BrN2O/c1-10-9-11(2)13(15)14(18)12(10)3-6-17-7-4-16-5-8-17/h9,16,18H,3-8H2,1-2H3. The van der Waals surface area contributed by atoms with Gasteiger partial charge in [0.2, 0.25) is 0 Å². The lowest BCUT2D eigenvalue weighted by Crippen LogP contribution is -2.44. The lowest BCUT2D eigenvalue weighted by molar-refractivity contribution is 0.243. The molecule has 1 aliphatic heterocycles. The number of phenols is 1. The second-order valence-electron chi connectivity index (χ2n) is 4.99. The average molecular weight is 313 g/mol. The zero-order valence-electron chi connectivity index (χ0n) is 11.1. The van der Waals surface area contributed by atoms with Crippen LogP contribution in [-0.4, -0.2) is 42.7 Å². The zero-order valence-corrected chi connectivity index (χ0v) is 12.7. The summed E-state index contributed by atoms with van der Waals surface area (Å²) >= 11 is 3.46. The summed E-state index contributed by atoms with van der Waals surface area (Å²) in [6, 6.07) is 2.14. The van der Waals surface area contributed by atoms with Crippen molar-refractivity contribution >= 4 is 15.9 Å². The molecule has 0 bridgehead atoms. The highest BCUT2D eigenvalue weighted by molar-refractivity contribution is 9.10. The monoisotopic (exact) mass is 312 g/mol. The number of hydrogen-bond acceptors (Lipinski definition) is 3. The van der Waals surface area contributed by atoms with E-state index in [1.54, 1.807) is 0 Å². The van der Waals surface area contributed by atoms with E-state index in [0.717, 1.165) is 54.7 Å². The average Bonchev–Trinajstić information content (AvgIpc) is 2.37. The third kappa shape index (κ3) is 3.05. The van der Waals surface area contributed by atoms with Gasteiger partial charge >= 0.3 is 0 Å². The molecule has 0 amide bonds. The lowest BCUT2D eigenvalue weighted by atomic mass is 10.0. The first-order valence-electron chi connectivity index (χ1n) is 6.50. The largest absolute Gasteiger partial charge is 0.506 e. The van der Waals surface area contributed by atoms with Crippen molar-refractivity contribution < 1.29 is 5.11 Å².